The van der Waals surface area contributed by atoms with Crippen LogP contribution in [0.5, 0.6) is 0 Å². The van der Waals surface area contributed by atoms with Gasteiger partial charge in [-0.2, -0.15) is 0 Å². The molecule has 0 aliphatic carbocycles. The Bertz CT molecular complexity index is 1030. The van der Waals surface area contributed by atoms with E-state index in [1.807, 2.05) is 4.90 Å². The Morgan fingerprint density at radius 2 is 1.96 bits per heavy atom. The van der Waals surface area contributed by atoms with Crippen LogP contribution in [0.3, 0.4) is 0 Å². The summed E-state index contributed by atoms with van der Waals surface area (Å²) in [5.41, 5.74) is 2.47. The van der Waals surface area contributed by atoms with Crippen molar-refractivity contribution in [2.45, 2.75) is 19.9 Å². The maximum absolute atomic E-state index is 14.2. The number of halogens is 1. The molecule has 7 nitrogen and oxygen atoms in total. The average molecular weight is 365 g/mol. The quantitative estimate of drug-likeness (QED) is 0.763. The molecule has 27 heavy (non-hydrogen) atoms. The molecule has 0 unspecified atom stereocenters. The molecule has 3 aromatic rings. The van der Waals surface area contributed by atoms with Crippen molar-refractivity contribution in [2.24, 2.45) is 0 Å². The van der Waals surface area contributed by atoms with Gasteiger partial charge in [0.25, 0.3) is 0 Å². The monoisotopic (exact) mass is 365 g/mol. The van der Waals surface area contributed by atoms with E-state index in [1.165, 1.54) is 19.1 Å². The lowest BCUT2D eigenvalue weighted by atomic mass is 10.0. The van der Waals surface area contributed by atoms with Gasteiger partial charge in [0.2, 0.25) is 0 Å². The van der Waals surface area contributed by atoms with Gasteiger partial charge in [0, 0.05) is 49.4 Å². The van der Waals surface area contributed by atoms with Crippen LogP contribution in [0.25, 0.3) is 11.6 Å². The van der Waals surface area contributed by atoms with Crippen molar-refractivity contribution in [3.05, 3.63) is 65.0 Å². The Kier molecular flexibility index (Phi) is 4.23. The van der Waals surface area contributed by atoms with E-state index in [2.05, 4.69) is 19.9 Å². The van der Waals surface area contributed by atoms with Gasteiger partial charge < -0.3 is 10.0 Å². The zero-order valence-electron chi connectivity index (χ0n) is 14.6. The molecule has 1 N–H and O–H groups in total. The lowest BCUT2D eigenvalue weighted by Gasteiger charge is -2.30. The Morgan fingerprint density at radius 1 is 1.19 bits per heavy atom. The predicted molar refractivity (Wildman–Crippen MR) is 95.9 cm³/mol. The molecule has 0 radical (unpaired) electrons. The number of anilines is 1. The van der Waals surface area contributed by atoms with Gasteiger partial charge in [-0.05, 0) is 30.7 Å². The maximum Gasteiger partial charge on any atom is 0.336 e. The Balaban J connectivity index is 1.63. The van der Waals surface area contributed by atoms with E-state index in [0.717, 1.165) is 11.3 Å². The molecule has 0 atom stereocenters. The van der Waals surface area contributed by atoms with Gasteiger partial charge >= 0.3 is 5.97 Å². The Morgan fingerprint density at radius 3 is 2.70 bits per heavy atom. The number of carbonyl (C=O) groups is 1. The fourth-order valence-electron chi connectivity index (χ4n) is 3.13. The fourth-order valence-corrected chi connectivity index (χ4v) is 3.13. The van der Waals surface area contributed by atoms with Gasteiger partial charge in [-0.25, -0.2) is 29.1 Å². The first kappa shape index (κ1) is 17.0. The summed E-state index contributed by atoms with van der Waals surface area (Å²) in [7, 11) is 0. The Hall–Kier alpha value is -3.42. The summed E-state index contributed by atoms with van der Waals surface area (Å²) in [6.45, 7) is 2.54. The average Bonchev–Trinajstić information content (AvgIpc) is 2.69. The third-order valence-electron chi connectivity index (χ3n) is 4.62. The highest BCUT2D eigenvalue weighted by Crippen LogP contribution is 2.27. The molecule has 2 aromatic heterocycles. The van der Waals surface area contributed by atoms with E-state index >= 15 is 0 Å². The summed E-state index contributed by atoms with van der Waals surface area (Å²) < 4.78 is 14.2. The topological polar surface area (TPSA) is 92.1 Å². The first-order valence-corrected chi connectivity index (χ1v) is 8.43. The molecule has 0 saturated heterocycles. The normalized spacial score (nSPS) is 13.3. The van der Waals surface area contributed by atoms with Crippen LogP contribution in [0.1, 0.15) is 27.2 Å². The van der Waals surface area contributed by atoms with Gasteiger partial charge in [0.15, 0.2) is 11.6 Å². The van der Waals surface area contributed by atoms with Crippen LogP contribution in [0.4, 0.5) is 10.1 Å². The third-order valence-corrected chi connectivity index (χ3v) is 4.62. The van der Waals surface area contributed by atoms with Gasteiger partial charge in [-0.1, -0.05) is 0 Å². The van der Waals surface area contributed by atoms with Crippen LogP contribution in [-0.2, 0) is 13.0 Å². The number of carboxylic acid groups (broad SMARTS) is 1. The minimum Gasteiger partial charge on any atom is -0.478 e. The molecule has 1 aliphatic rings. The summed E-state index contributed by atoms with van der Waals surface area (Å²) in [5, 5.41) is 9.29. The Labute approximate surface area is 154 Å². The number of carboxylic acids is 1. The van der Waals surface area contributed by atoms with Crippen LogP contribution < -0.4 is 4.90 Å². The highest BCUT2D eigenvalue weighted by Gasteiger charge is 2.22. The molecule has 4 rings (SSSR count). The van der Waals surface area contributed by atoms with E-state index in [-0.39, 0.29) is 11.1 Å². The smallest absolute Gasteiger partial charge is 0.336 e. The molecule has 8 heteroatoms. The molecule has 1 aromatic carbocycles. The van der Waals surface area contributed by atoms with Crippen molar-refractivity contribution in [3.63, 3.8) is 0 Å². The van der Waals surface area contributed by atoms with Crippen LogP contribution in [0.15, 0.2) is 36.8 Å². The van der Waals surface area contributed by atoms with E-state index in [0.29, 0.717) is 36.8 Å². The molecular formula is C19H16FN5O2. The number of nitrogens with zero attached hydrogens (tertiary/aromatic N) is 5. The standard InChI is InChI=1S/C19H16FN5O2/c1-11-14(19(26)27)7-13(8-15(11)20)25-6-3-16-12(10-25)9-23-18(24-16)17-21-4-2-5-22-17/h2,4-5,7-9H,3,6,10H2,1H3,(H,26,27). The molecule has 1 aliphatic heterocycles. The lowest BCUT2D eigenvalue weighted by Crippen LogP contribution is -2.31. The molecule has 0 fully saturated rings. The number of benzene rings is 1. The summed E-state index contributed by atoms with van der Waals surface area (Å²) in [4.78, 5) is 30.5. The highest BCUT2D eigenvalue weighted by molar-refractivity contribution is 5.90. The van der Waals surface area contributed by atoms with Crippen LogP contribution >= 0.6 is 0 Å². The first-order valence-electron chi connectivity index (χ1n) is 8.43. The van der Waals surface area contributed by atoms with E-state index in [1.54, 1.807) is 24.7 Å². The van der Waals surface area contributed by atoms with Crippen molar-refractivity contribution in [1.82, 2.24) is 19.9 Å². The number of rotatable bonds is 3. The summed E-state index contributed by atoms with van der Waals surface area (Å²) >= 11 is 0. The zero-order valence-corrected chi connectivity index (χ0v) is 14.6. The molecule has 0 amide bonds. The van der Waals surface area contributed by atoms with Crippen molar-refractivity contribution in [2.75, 3.05) is 11.4 Å². The van der Waals surface area contributed by atoms with Gasteiger partial charge in [0.05, 0.1) is 11.3 Å². The van der Waals surface area contributed by atoms with E-state index < -0.39 is 11.8 Å². The number of hydrogen-bond donors (Lipinski definition) is 1. The van der Waals surface area contributed by atoms with Crippen molar-refractivity contribution < 1.29 is 14.3 Å². The van der Waals surface area contributed by atoms with Crippen molar-refractivity contribution in [1.29, 1.82) is 0 Å². The minimum atomic E-state index is -1.14. The van der Waals surface area contributed by atoms with Crippen LogP contribution in [-0.4, -0.2) is 37.6 Å². The van der Waals surface area contributed by atoms with Gasteiger partial charge in [0.1, 0.15) is 5.82 Å². The second-order valence-corrected chi connectivity index (χ2v) is 6.31. The van der Waals surface area contributed by atoms with Crippen molar-refractivity contribution >= 4 is 11.7 Å². The molecular weight excluding hydrogens is 349 g/mol. The molecule has 0 spiro atoms. The van der Waals surface area contributed by atoms with Crippen LogP contribution in [0.2, 0.25) is 0 Å². The first-order chi connectivity index (χ1) is 13.0. The fraction of sp³-hybridized carbons (Fsp3) is 0.211. The summed E-state index contributed by atoms with van der Waals surface area (Å²) in [5.74, 6) is -0.725. The van der Waals surface area contributed by atoms with Gasteiger partial charge in [-0.15, -0.1) is 0 Å². The third kappa shape index (κ3) is 3.21. The number of aromatic nitrogens is 4. The number of fused-ring (bicyclic) bond motifs is 1. The SMILES string of the molecule is Cc1c(F)cc(N2CCc3nc(-c4ncccn4)ncc3C2)cc1C(=O)O. The molecule has 0 saturated carbocycles. The zero-order chi connectivity index (χ0) is 19.0. The predicted octanol–water partition coefficient (Wildman–Crippen LogP) is 2.64. The van der Waals surface area contributed by atoms with E-state index in [4.69, 9.17) is 0 Å². The number of hydrogen-bond acceptors (Lipinski definition) is 6. The second kappa shape index (κ2) is 6.71. The van der Waals surface area contributed by atoms with E-state index in [9.17, 15) is 14.3 Å². The summed E-state index contributed by atoms with van der Waals surface area (Å²) in [6.07, 6.45) is 5.64. The lowest BCUT2D eigenvalue weighted by molar-refractivity contribution is 0.0695. The largest absolute Gasteiger partial charge is 0.478 e. The molecule has 3 heterocycles. The van der Waals surface area contributed by atoms with Crippen molar-refractivity contribution in [3.8, 4) is 11.6 Å². The maximum atomic E-state index is 14.2. The molecule has 136 valence electrons. The summed E-state index contributed by atoms with van der Waals surface area (Å²) in [6, 6.07) is 4.62. The number of aromatic carboxylic acids is 1. The van der Waals surface area contributed by atoms with Gasteiger partial charge in [-0.3, -0.25) is 0 Å². The highest BCUT2D eigenvalue weighted by atomic mass is 19.1. The van der Waals surface area contributed by atoms with Crippen LogP contribution in [0, 0.1) is 12.7 Å². The second-order valence-electron chi connectivity index (χ2n) is 6.31. The minimum absolute atomic E-state index is 0.0244. The molecule has 0 bridgehead atoms.